The van der Waals surface area contributed by atoms with Crippen LogP contribution in [0.1, 0.15) is 32.1 Å². The number of para-hydroxylation sites is 1. The van der Waals surface area contributed by atoms with Crippen molar-refractivity contribution in [2.75, 3.05) is 20.2 Å². The zero-order chi connectivity index (χ0) is 15.9. The van der Waals surface area contributed by atoms with Crippen molar-refractivity contribution < 1.29 is 9.53 Å². The molecule has 2 atom stereocenters. The highest BCUT2D eigenvalue weighted by Crippen LogP contribution is 2.26. The fraction of sp³-hybridized carbons (Fsp3) is 0.588. The van der Waals surface area contributed by atoms with Crippen LogP contribution >= 0.6 is 24.0 Å². The second kappa shape index (κ2) is 10.0. The quantitative estimate of drug-likeness (QED) is 0.844. The molecule has 6 heteroatoms. The lowest BCUT2D eigenvalue weighted by atomic mass is 9.83. The van der Waals surface area contributed by atoms with Gasteiger partial charge in [-0.25, -0.2) is 0 Å². The molecule has 2 rings (SSSR count). The summed E-state index contributed by atoms with van der Waals surface area (Å²) < 4.78 is 5.62. The Labute approximate surface area is 149 Å². The van der Waals surface area contributed by atoms with Gasteiger partial charge in [-0.2, -0.15) is 0 Å². The van der Waals surface area contributed by atoms with Crippen molar-refractivity contribution >= 4 is 29.9 Å². The van der Waals surface area contributed by atoms with Gasteiger partial charge in [-0.05, 0) is 30.9 Å². The first-order valence-corrected chi connectivity index (χ1v) is 8.32. The molecule has 0 saturated heterocycles. The maximum absolute atomic E-state index is 12.3. The van der Waals surface area contributed by atoms with Gasteiger partial charge in [0, 0.05) is 19.5 Å². The van der Waals surface area contributed by atoms with E-state index in [1.54, 1.807) is 11.0 Å². The van der Waals surface area contributed by atoms with E-state index in [0.717, 1.165) is 12.8 Å². The molecule has 1 fully saturated rings. The van der Waals surface area contributed by atoms with E-state index in [1.165, 1.54) is 12.8 Å². The van der Waals surface area contributed by atoms with Gasteiger partial charge in [0.05, 0.1) is 11.6 Å². The fourth-order valence-corrected chi connectivity index (χ4v) is 3.04. The molecular formula is C17H26Cl2N2O2. The second-order valence-corrected chi connectivity index (χ2v) is 6.41. The van der Waals surface area contributed by atoms with Crippen LogP contribution < -0.4 is 10.5 Å². The van der Waals surface area contributed by atoms with Crippen molar-refractivity contribution in [1.82, 2.24) is 4.90 Å². The van der Waals surface area contributed by atoms with E-state index in [0.29, 0.717) is 36.3 Å². The average molecular weight is 361 g/mol. The predicted molar refractivity (Wildman–Crippen MR) is 96.4 cm³/mol. The van der Waals surface area contributed by atoms with Crippen molar-refractivity contribution in [3.8, 4) is 5.75 Å². The second-order valence-electron chi connectivity index (χ2n) is 6.01. The Morgan fingerprint density at radius 1 is 1.35 bits per heavy atom. The molecule has 1 saturated carbocycles. The first kappa shape index (κ1) is 20.1. The number of carbonyl (C=O) groups is 1. The largest absolute Gasteiger partial charge is 0.490 e. The Balaban J connectivity index is 0.00000264. The number of carbonyl (C=O) groups excluding carboxylic acids is 1. The molecule has 0 heterocycles. The number of rotatable bonds is 6. The van der Waals surface area contributed by atoms with E-state index in [-0.39, 0.29) is 24.4 Å². The summed E-state index contributed by atoms with van der Waals surface area (Å²) in [4.78, 5) is 14.0. The van der Waals surface area contributed by atoms with Crippen molar-refractivity contribution in [2.45, 2.75) is 38.1 Å². The minimum absolute atomic E-state index is 0. The van der Waals surface area contributed by atoms with Crippen LogP contribution in [0, 0.1) is 5.92 Å². The summed E-state index contributed by atoms with van der Waals surface area (Å²) in [5.74, 6) is 1.12. The normalized spacial score (nSPS) is 20.5. The van der Waals surface area contributed by atoms with Crippen molar-refractivity contribution in [1.29, 1.82) is 0 Å². The molecule has 23 heavy (non-hydrogen) atoms. The minimum atomic E-state index is 0. The van der Waals surface area contributed by atoms with Crippen LogP contribution in [-0.2, 0) is 4.79 Å². The zero-order valence-corrected chi connectivity index (χ0v) is 15.1. The van der Waals surface area contributed by atoms with Crippen LogP contribution in [0.25, 0.3) is 0 Å². The Morgan fingerprint density at radius 3 is 2.74 bits per heavy atom. The summed E-state index contributed by atoms with van der Waals surface area (Å²) in [6.07, 6.45) is 5.02. The smallest absolute Gasteiger partial charge is 0.222 e. The number of benzene rings is 1. The summed E-state index contributed by atoms with van der Waals surface area (Å²) >= 11 is 6.03. The molecule has 0 aliphatic heterocycles. The molecule has 4 nitrogen and oxygen atoms in total. The lowest BCUT2D eigenvalue weighted by Gasteiger charge is -2.29. The van der Waals surface area contributed by atoms with Crippen molar-refractivity contribution in [3.05, 3.63) is 29.3 Å². The number of likely N-dealkylation sites (N-methyl/N-ethyl adjacent to an activating group) is 1. The Hall–Kier alpha value is -0.970. The molecule has 1 aliphatic carbocycles. The van der Waals surface area contributed by atoms with E-state index >= 15 is 0 Å². The molecule has 0 spiro atoms. The number of nitrogens with two attached hydrogens (primary N) is 1. The van der Waals surface area contributed by atoms with Gasteiger partial charge in [-0.1, -0.05) is 36.6 Å². The van der Waals surface area contributed by atoms with Crippen molar-refractivity contribution in [3.63, 3.8) is 0 Å². The third-order valence-corrected chi connectivity index (χ3v) is 4.66. The first-order chi connectivity index (χ1) is 10.6. The summed E-state index contributed by atoms with van der Waals surface area (Å²) in [7, 11) is 1.81. The molecule has 0 bridgehead atoms. The number of halogens is 2. The first-order valence-electron chi connectivity index (χ1n) is 7.95. The molecule has 1 aromatic rings. The van der Waals surface area contributed by atoms with Crippen LogP contribution in [0.2, 0.25) is 5.02 Å². The van der Waals surface area contributed by atoms with E-state index in [9.17, 15) is 4.79 Å². The molecule has 0 aromatic heterocycles. The molecule has 1 amide bonds. The predicted octanol–water partition coefficient (Wildman–Crippen LogP) is 3.51. The van der Waals surface area contributed by atoms with Crippen LogP contribution in [-0.4, -0.2) is 37.0 Å². The third-order valence-electron chi connectivity index (χ3n) is 4.35. The molecular weight excluding hydrogens is 335 g/mol. The monoisotopic (exact) mass is 360 g/mol. The van der Waals surface area contributed by atoms with Crippen LogP contribution in [0.5, 0.6) is 5.75 Å². The Morgan fingerprint density at radius 2 is 2.04 bits per heavy atom. The summed E-state index contributed by atoms with van der Waals surface area (Å²) in [6.45, 7) is 0.981. The summed E-state index contributed by atoms with van der Waals surface area (Å²) in [5.41, 5.74) is 6.11. The van der Waals surface area contributed by atoms with E-state index in [2.05, 4.69) is 0 Å². The molecule has 0 radical (unpaired) electrons. The molecule has 1 aliphatic rings. The lowest BCUT2D eigenvalue weighted by Crippen LogP contribution is -2.38. The Kier molecular flexibility index (Phi) is 8.74. The van der Waals surface area contributed by atoms with Gasteiger partial charge in [0.1, 0.15) is 12.4 Å². The molecule has 130 valence electrons. The van der Waals surface area contributed by atoms with Gasteiger partial charge >= 0.3 is 0 Å². The highest BCUT2D eigenvalue weighted by Gasteiger charge is 2.25. The van der Waals surface area contributed by atoms with Crippen LogP contribution in [0.4, 0.5) is 0 Å². The number of ether oxygens (including phenoxy) is 1. The standard InChI is InChI=1S/C17H25ClN2O2.ClH/c1-20(10-11-22-16-9-5-3-7-14(16)18)17(21)12-13-6-2-4-8-15(13)19;/h3,5,7,9,13,15H,2,4,6,8,10-12,19H2,1H3;1H. The molecule has 2 unspecified atom stereocenters. The number of hydrogen-bond acceptors (Lipinski definition) is 3. The van der Waals surface area contributed by atoms with Gasteiger partial charge in [0.15, 0.2) is 0 Å². The van der Waals surface area contributed by atoms with E-state index in [4.69, 9.17) is 22.1 Å². The Bertz CT molecular complexity index is 499. The number of nitrogens with zero attached hydrogens (tertiary/aromatic N) is 1. The van der Waals surface area contributed by atoms with Gasteiger partial charge in [0.2, 0.25) is 5.91 Å². The van der Waals surface area contributed by atoms with E-state index in [1.807, 2.05) is 25.2 Å². The van der Waals surface area contributed by atoms with Crippen molar-refractivity contribution in [2.24, 2.45) is 11.7 Å². The fourth-order valence-electron chi connectivity index (χ4n) is 2.85. The average Bonchev–Trinajstić information content (AvgIpc) is 2.51. The highest BCUT2D eigenvalue weighted by molar-refractivity contribution is 6.32. The third kappa shape index (κ3) is 6.21. The number of hydrogen-bond donors (Lipinski definition) is 1. The SMILES string of the molecule is CN(CCOc1ccccc1Cl)C(=O)CC1CCCCC1N.Cl. The van der Waals surface area contributed by atoms with Gasteiger partial charge in [-0.3, -0.25) is 4.79 Å². The molecule has 1 aromatic carbocycles. The molecule has 2 N–H and O–H groups in total. The van der Waals surface area contributed by atoms with Gasteiger partial charge in [-0.15, -0.1) is 12.4 Å². The van der Waals surface area contributed by atoms with Gasteiger partial charge in [0.25, 0.3) is 0 Å². The van der Waals surface area contributed by atoms with E-state index < -0.39 is 0 Å². The zero-order valence-electron chi connectivity index (χ0n) is 13.5. The summed E-state index contributed by atoms with van der Waals surface area (Å²) in [5, 5.41) is 0.588. The van der Waals surface area contributed by atoms with Crippen LogP contribution in [0.15, 0.2) is 24.3 Å². The maximum atomic E-state index is 12.3. The minimum Gasteiger partial charge on any atom is -0.490 e. The van der Waals surface area contributed by atoms with Gasteiger partial charge < -0.3 is 15.4 Å². The number of amides is 1. The highest BCUT2D eigenvalue weighted by atomic mass is 35.5. The maximum Gasteiger partial charge on any atom is 0.222 e. The lowest BCUT2D eigenvalue weighted by molar-refractivity contribution is -0.131. The summed E-state index contributed by atoms with van der Waals surface area (Å²) in [6, 6.07) is 7.52. The van der Waals surface area contributed by atoms with Crippen LogP contribution in [0.3, 0.4) is 0 Å². The topological polar surface area (TPSA) is 55.6 Å².